The number of carbonyl (C=O) groups excluding carboxylic acids is 1. The van der Waals surface area contributed by atoms with Gasteiger partial charge in [0, 0.05) is 18.9 Å². The molecule has 2 atom stereocenters. The lowest BCUT2D eigenvalue weighted by Gasteiger charge is -2.29. The monoisotopic (exact) mass is 360 g/mol. The van der Waals surface area contributed by atoms with Crippen molar-refractivity contribution in [2.45, 2.75) is 32.5 Å². The zero-order valence-corrected chi connectivity index (χ0v) is 14.7. The van der Waals surface area contributed by atoms with E-state index >= 15 is 0 Å². The minimum absolute atomic E-state index is 0. The maximum atomic E-state index is 12.2. The normalized spacial score (nSPS) is 20.4. The average molecular weight is 361 g/mol. The van der Waals surface area contributed by atoms with Crippen molar-refractivity contribution in [3.05, 3.63) is 35.8 Å². The second-order valence-electron chi connectivity index (χ2n) is 5.43. The van der Waals surface area contributed by atoms with Gasteiger partial charge < -0.3 is 19.8 Å². The van der Waals surface area contributed by atoms with Gasteiger partial charge in [0.25, 0.3) is 0 Å². The van der Waals surface area contributed by atoms with E-state index in [2.05, 4.69) is 15.6 Å². The molecule has 2 aromatic heterocycles. The molecule has 1 fully saturated rings. The molecule has 1 saturated heterocycles. The largest absolute Gasteiger partial charge is 0.375 e. The van der Waals surface area contributed by atoms with Gasteiger partial charge in [-0.05, 0) is 25.5 Å². The number of rotatable bonds is 3. The Kier molecular flexibility index (Phi) is 7.28. The summed E-state index contributed by atoms with van der Waals surface area (Å²) < 4.78 is 7.46. The van der Waals surface area contributed by atoms with Crippen LogP contribution in [0.25, 0.3) is 5.65 Å². The van der Waals surface area contributed by atoms with Crippen LogP contribution in [0.2, 0.25) is 0 Å². The van der Waals surface area contributed by atoms with E-state index in [4.69, 9.17) is 4.74 Å². The highest BCUT2D eigenvalue weighted by Crippen LogP contribution is 2.08. The third kappa shape index (κ3) is 4.57. The van der Waals surface area contributed by atoms with Gasteiger partial charge in [-0.2, -0.15) is 0 Å². The van der Waals surface area contributed by atoms with Crippen LogP contribution in [-0.4, -0.2) is 40.6 Å². The van der Waals surface area contributed by atoms with E-state index in [0.29, 0.717) is 19.7 Å². The highest BCUT2D eigenvalue weighted by atomic mass is 35.5. The van der Waals surface area contributed by atoms with Crippen molar-refractivity contribution in [3.63, 3.8) is 0 Å². The molecular formula is C15H22Cl2N4O2. The van der Waals surface area contributed by atoms with Crippen molar-refractivity contribution in [1.29, 1.82) is 0 Å². The molecule has 128 valence electrons. The summed E-state index contributed by atoms with van der Waals surface area (Å²) in [7, 11) is 0. The van der Waals surface area contributed by atoms with Gasteiger partial charge in [-0.25, -0.2) is 4.98 Å². The first-order chi connectivity index (χ1) is 10.1. The van der Waals surface area contributed by atoms with Gasteiger partial charge in [-0.3, -0.25) is 4.79 Å². The fraction of sp³-hybridized carbons (Fsp3) is 0.467. The Labute approximate surface area is 147 Å². The van der Waals surface area contributed by atoms with E-state index in [1.165, 1.54) is 5.56 Å². The molecule has 0 spiro atoms. The SMILES string of the molecule is Cc1ccc2nc(CNC(=O)[C@H]3NCCO[C@@H]3C)cn2c1.Cl.Cl. The zero-order valence-electron chi connectivity index (χ0n) is 13.1. The molecular weight excluding hydrogens is 339 g/mol. The molecule has 3 heterocycles. The number of ether oxygens (including phenoxy) is 1. The number of carbonyl (C=O) groups is 1. The quantitative estimate of drug-likeness (QED) is 0.869. The zero-order chi connectivity index (χ0) is 14.8. The molecule has 0 saturated carbocycles. The first kappa shape index (κ1) is 19.7. The number of pyridine rings is 1. The first-order valence-corrected chi connectivity index (χ1v) is 7.20. The molecule has 1 aliphatic rings. The third-order valence-electron chi connectivity index (χ3n) is 3.69. The number of nitrogens with zero attached hydrogens (tertiary/aromatic N) is 2. The lowest BCUT2D eigenvalue weighted by atomic mass is 10.1. The molecule has 2 aromatic rings. The Morgan fingerprint density at radius 3 is 2.96 bits per heavy atom. The summed E-state index contributed by atoms with van der Waals surface area (Å²) in [6, 6.07) is 3.70. The number of fused-ring (bicyclic) bond motifs is 1. The smallest absolute Gasteiger partial charge is 0.240 e. The number of hydrogen-bond donors (Lipinski definition) is 2. The van der Waals surface area contributed by atoms with Crippen molar-refractivity contribution in [2.75, 3.05) is 13.2 Å². The predicted octanol–water partition coefficient (Wildman–Crippen LogP) is 1.48. The number of nitrogens with one attached hydrogen (secondary N) is 2. The van der Waals surface area contributed by atoms with Gasteiger partial charge in [-0.1, -0.05) is 6.07 Å². The van der Waals surface area contributed by atoms with E-state index < -0.39 is 0 Å². The van der Waals surface area contributed by atoms with Crippen LogP contribution < -0.4 is 10.6 Å². The third-order valence-corrected chi connectivity index (χ3v) is 3.69. The van der Waals surface area contributed by atoms with Crippen LogP contribution in [0.4, 0.5) is 0 Å². The maximum absolute atomic E-state index is 12.2. The van der Waals surface area contributed by atoms with Crippen molar-refractivity contribution >= 4 is 36.4 Å². The number of aromatic nitrogens is 2. The second-order valence-corrected chi connectivity index (χ2v) is 5.43. The maximum Gasteiger partial charge on any atom is 0.240 e. The fourth-order valence-electron chi connectivity index (χ4n) is 2.56. The summed E-state index contributed by atoms with van der Waals surface area (Å²) in [6.45, 7) is 5.72. The second kappa shape index (κ2) is 8.49. The Morgan fingerprint density at radius 1 is 1.43 bits per heavy atom. The van der Waals surface area contributed by atoms with E-state index in [1.807, 2.05) is 42.8 Å². The molecule has 23 heavy (non-hydrogen) atoms. The topological polar surface area (TPSA) is 67.7 Å². The van der Waals surface area contributed by atoms with Crippen LogP contribution in [-0.2, 0) is 16.1 Å². The Hall–Kier alpha value is -1.34. The van der Waals surface area contributed by atoms with Gasteiger partial charge in [0.2, 0.25) is 5.91 Å². The minimum Gasteiger partial charge on any atom is -0.375 e. The summed E-state index contributed by atoms with van der Waals surface area (Å²) in [5.74, 6) is -0.0459. The van der Waals surface area contributed by atoms with Crippen LogP contribution in [0, 0.1) is 6.92 Å². The number of morpholine rings is 1. The Morgan fingerprint density at radius 2 is 2.22 bits per heavy atom. The van der Waals surface area contributed by atoms with Crippen molar-refractivity contribution in [2.24, 2.45) is 0 Å². The molecule has 6 nitrogen and oxygen atoms in total. The molecule has 1 amide bonds. The molecule has 0 unspecified atom stereocenters. The fourth-order valence-corrected chi connectivity index (χ4v) is 2.56. The average Bonchev–Trinajstić information content (AvgIpc) is 2.87. The Bertz CT molecular complexity index is 662. The number of amides is 1. The summed E-state index contributed by atoms with van der Waals surface area (Å²) in [4.78, 5) is 16.6. The van der Waals surface area contributed by atoms with Crippen LogP contribution in [0.5, 0.6) is 0 Å². The summed E-state index contributed by atoms with van der Waals surface area (Å²) >= 11 is 0. The molecule has 0 aromatic carbocycles. The Balaban J connectivity index is 0.00000132. The number of hydrogen-bond acceptors (Lipinski definition) is 4. The molecule has 2 N–H and O–H groups in total. The lowest BCUT2D eigenvalue weighted by Crippen LogP contribution is -2.55. The van der Waals surface area contributed by atoms with E-state index in [-0.39, 0.29) is 42.9 Å². The molecule has 0 bridgehead atoms. The first-order valence-electron chi connectivity index (χ1n) is 7.20. The van der Waals surface area contributed by atoms with Crippen LogP contribution in [0.1, 0.15) is 18.2 Å². The highest BCUT2D eigenvalue weighted by Gasteiger charge is 2.27. The van der Waals surface area contributed by atoms with Crippen LogP contribution in [0.3, 0.4) is 0 Å². The molecule has 1 aliphatic heterocycles. The van der Waals surface area contributed by atoms with Crippen molar-refractivity contribution < 1.29 is 9.53 Å². The summed E-state index contributed by atoms with van der Waals surface area (Å²) in [5.41, 5.74) is 2.91. The number of aryl methyl sites for hydroxylation is 1. The standard InChI is InChI=1S/C15H20N4O2.2ClH/c1-10-3-4-13-18-12(9-19(13)8-10)7-17-15(20)14-11(2)21-6-5-16-14;;/h3-4,8-9,11,14,16H,5-7H2,1-2H3,(H,17,20);2*1H/t11-,14+;;/m1../s1. The van der Waals surface area contributed by atoms with E-state index in [9.17, 15) is 4.79 Å². The van der Waals surface area contributed by atoms with Gasteiger partial charge in [0.05, 0.1) is 24.9 Å². The molecule has 8 heteroatoms. The molecule has 0 radical (unpaired) electrons. The van der Waals surface area contributed by atoms with Crippen molar-refractivity contribution in [3.8, 4) is 0 Å². The predicted molar refractivity (Wildman–Crippen MR) is 93.5 cm³/mol. The lowest BCUT2D eigenvalue weighted by molar-refractivity contribution is -0.129. The van der Waals surface area contributed by atoms with Crippen LogP contribution >= 0.6 is 24.8 Å². The molecule has 3 rings (SSSR count). The van der Waals surface area contributed by atoms with E-state index in [0.717, 1.165) is 11.3 Å². The van der Waals surface area contributed by atoms with Gasteiger partial charge in [0.1, 0.15) is 11.7 Å². The summed E-state index contributed by atoms with van der Waals surface area (Å²) in [6.07, 6.45) is 3.85. The highest BCUT2D eigenvalue weighted by molar-refractivity contribution is 5.85. The van der Waals surface area contributed by atoms with Crippen molar-refractivity contribution in [1.82, 2.24) is 20.0 Å². The van der Waals surface area contributed by atoms with Gasteiger partial charge in [-0.15, -0.1) is 24.8 Å². The van der Waals surface area contributed by atoms with Gasteiger partial charge >= 0.3 is 0 Å². The van der Waals surface area contributed by atoms with Crippen LogP contribution in [0.15, 0.2) is 24.5 Å². The van der Waals surface area contributed by atoms with Gasteiger partial charge in [0.15, 0.2) is 0 Å². The van der Waals surface area contributed by atoms with E-state index in [1.54, 1.807) is 0 Å². The number of halogens is 2. The minimum atomic E-state index is -0.293. The summed E-state index contributed by atoms with van der Waals surface area (Å²) in [5, 5.41) is 6.09. The molecule has 0 aliphatic carbocycles. The number of imidazole rings is 1.